The lowest BCUT2D eigenvalue weighted by molar-refractivity contribution is 0.795. The Kier molecular flexibility index (Phi) is 2.96. The Bertz CT molecular complexity index is 411. The molecule has 2 heterocycles. The molecule has 6 heteroatoms. The van der Waals surface area contributed by atoms with E-state index in [2.05, 4.69) is 41.2 Å². The van der Waals surface area contributed by atoms with Crippen LogP contribution in [0.2, 0.25) is 0 Å². The van der Waals surface area contributed by atoms with Crippen molar-refractivity contribution < 1.29 is 0 Å². The molecule has 0 aliphatic heterocycles. The van der Waals surface area contributed by atoms with Gasteiger partial charge < -0.3 is 10.3 Å². The minimum atomic E-state index is 0.0566. The molecule has 2 aromatic rings. The van der Waals surface area contributed by atoms with Crippen LogP contribution in [-0.2, 0) is 0 Å². The SMILES string of the molecule is CC(Nc1ncc(Br)cn1)c1ncc[nH]1. The third kappa shape index (κ3) is 2.53. The molecule has 1 unspecified atom stereocenters. The first-order chi connectivity index (χ1) is 7.25. The van der Waals surface area contributed by atoms with Crippen LogP contribution in [0.15, 0.2) is 29.3 Å². The van der Waals surface area contributed by atoms with Gasteiger partial charge in [-0.2, -0.15) is 0 Å². The molecule has 0 bridgehead atoms. The first kappa shape index (κ1) is 10.1. The van der Waals surface area contributed by atoms with E-state index in [4.69, 9.17) is 0 Å². The Labute approximate surface area is 95.5 Å². The number of hydrogen-bond donors (Lipinski definition) is 2. The maximum Gasteiger partial charge on any atom is 0.223 e. The monoisotopic (exact) mass is 267 g/mol. The third-order valence-electron chi connectivity index (χ3n) is 1.90. The topological polar surface area (TPSA) is 66.5 Å². The maximum absolute atomic E-state index is 4.15. The molecule has 5 nitrogen and oxygen atoms in total. The second-order valence-corrected chi connectivity index (χ2v) is 3.98. The molecule has 0 saturated carbocycles. The van der Waals surface area contributed by atoms with Crippen molar-refractivity contribution in [2.75, 3.05) is 5.32 Å². The lowest BCUT2D eigenvalue weighted by atomic mass is 10.3. The normalized spacial score (nSPS) is 12.4. The van der Waals surface area contributed by atoms with Crippen LogP contribution in [0.3, 0.4) is 0 Å². The highest BCUT2D eigenvalue weighted by Gasteiger charge is 2.08. The summed E-state index contributed by atoms with van der Waals surface area (Å²) in [6, 6.07) is 0.0566. The van der Waals surface area contributed by atoms with Gasteiger partial charge in [0.25, 0.3) is 0 Å². The second kappa shape index (κ2) is 4.39. The van der Waals surface area contributed by atoms with Crippen LogP contribution in [0.5, 0.6) is 0 Å². The molecule has 2 aromatic heterocycles. The average Bonchev–Trinajstić information content (AvgIpc) is 2.74. The quantitative estimate of drug-likeness (QED) is 0.894. The molecule has 0 spiro atoms. The van der Waals surface area contributed by atoms with Gasteiger partial charge in [0.05, 0.1) is 10.5 Å². The van der Waals surface area contributed by atoms with Crippen LogP contribution in [0, 0.1) is 0 Å². The number of hydrogen-bond acceptors (Lipinski definition) is 4. The fourth-order valence-corrected chi connectivity index (χ4v) is 1.37. The van der Waals surface area contributed by atoms with E-state index < -0.39 is 0 Å². The predicted molar refractivity (Wildman–Crippen MR) is 60.4 cm³/mol. The Hall–Kier alpha value is -1.43. The highest BCUT2D eigenvalue weighted by Crippen LogP contribution is 2.13. The van der Waals surface area contributed by atoms with Gasteiger partial charge in [0.1, 0.15) is 5.82 Å². The summed E-state index contributed by atoms with van der Waals surface area (Å²) < 4.78 is 0.860. The van der Waals surface area contributed by atoms with Crippen molar-refractivity contribution in [2.24, 2.45) is 0 Å². The van der Waals surface area contributed by atoms with E-state index in [1.54, 1.807) is 24.8 Å². The van der Waals surface area contributed by atoms with Gasteiger partial charge in [0.2, 0.25) is 5.95 Å². The summed E-state index contributed by atoms with van der Waals surface area (Å²) in [5, 5.41) is 3.13. The van der Waals surface area contributed by atoms with E-state index in [1.165, 1.54) is 0 Å². The summed E-state index contributed by atoms with van der Waals surface area (Å²) in [4.78, 5) is 15.4. The first-order valence-corrected chi connectivity index (χ1v) is 5.28. The maximum atomic E-state index is 4.15. The van der Waals surface area contributed by atoms with Crippen LogP contribution in [-0.4, -0.2) is 19.9 Å². The molecule has 2 rings (SSSR count). The molecule has 1 atom stereocenters. The largest absolute Gasteiger partial charge is 0.347 e. The summed E-state index contributed by atoms with van der Waals surface area (Å²) in [6.07, 6.45) is 6.90. The fraction of sp³-hybridized carbons (Fsp3) is 0.222. The van der Waals surface area contributed by atoms with Crippen LogP contribution < -0.4 is 5.32 Å². The molecular formula is C9H10BrN5. The number of nitrogens with zero attached hydrogens (tertiary/aromatic N) is 3. The minimum absolute atomic E-state index is 0.0566. The Morgan fingerprint density at radius 1 is 1.33 bits per heavy atom. The molecule has 0 saturated heterocycles. The van der Waals surface area contributed by atoms with Crippen molar-refractivity contribution in [2.45, 2.75) is 13.0 Å². The highest BCUT2D eigenvalue weighted by atomic mass is 79.9. The smallest absolute Gasteiger partial charge is 0.223 e. The van der Waals surface area contributed by atoms with Gasteiger partial charge in [-0.05, 0) is 22.9 Å². The molecular weight excluding hydrogens is 258 g/mol. The summed E-state index contributed by atoms with van der Waals surface area (Å²) in [5.74, 6) is 1.45. The van der Waals surface area contributed by atoms with E-state index in [0.29, 0.717) is 5.95 Å². The minimum Gasteiger partial charge on any atom is -0.347 e. The van der Waals surface area contributed by atoms with E-state index in [0.717, 1.165) is 10.3 Å². The zero-order valence-corrected chi connectivity index (χ0v) is 9.69. The number of aromatic nitrogens is 4. The van der Waals surface area contributed by atoms with Gasteiger partial charge in [0, 0.05) is 24.8 Å². The van der Waals surface area contributed by atoms with E-state index in [9.17, 15) is 0 Å². The lowest BCUT2D eigenvalue weighted by Gasteiger charge is -2.10. The number of imidazole rings is 1. The summed E-state index contributed by atoms with van der Waals surface area (Å²) >= 11 is 3.28. The van der Waals surface area contributed by atoms with Crippen LogP contribution >= 0.6 is 15.9 Å². The van der Waals surface area contributed by atoms with Gasteiger partial charge in [-0.25, -0.2) is 15.0 Å². The fourth-order valence-electron chi connectivity index (χ4n) is 1.16. The summed E-state index contributed by atoms with van der Waals surface area (Å²) in [5.41, 5.74) is 0. The number of halogens is 1. The van der Waals surface area contributed by atoms with Crippen molar-refractivity contribution in [1.29, 1.82) is 0 Å². The number of aromatic amines is 1. The Morgan fingerprint density at radius 2 is 2.07 bits per heavy atom. The van der Waals surface area contributed by atoms with Gasteiger partial charge in [0.15, 0.2) is 0 Å². The zero-order valence-electron chi connectivity index (χ0n) is 8.11. The van der Waals surface area contributed by atoms with Gasteiger partial charge in [-0.1, -0.05) is 0 Å². The highest BCUT2D eigenvalue weighted by molar-refractivity contribution is 9.10. The number of H-pyrrole nitrogens is 1. The van der Waals surface area contributed by atoms with E-state index >= 15 is 0 Å². The molecule has 15 heavy (non-hydrogen) atoms. The van der Waals surface area contributed by atoms with E-state index in [1.807, 2.05) is 6.92 Å². The number of nitrogens with one attached hydrogen (secondary N) is 2. The van der Waals surface area contributed by atoms with E-state index in [-0.39, 0.29) is 6.04 Å². The third-order valence-corrected chi connectivity index (χ3v) is 2.30. The summed E-state index contributed by atoms with van der Waals surface area (Å²) in [6.45, 7) is 1.99. The number of anilines is 1. The van der Waals surface area contributed by atoms with Crippen molar-refractivity contribution >= 4 is 21.9 Å². The van der Waals surface area contributed by atoms with Crippen LogP contribution in [0.25, 0.3) is 0 Å². The predicted octanol–water partition coefficient (Wildman–Crippen LogP) is 2.14. The first-order valence-electron chi connectivity index (χ1n) is 4.49. The van der Waals surface area contributed by atoms with Crippen LogP contribution in [0.1, 0.15) is 18.8 Å². The molecule has 2 N–H and O–H groups in total. The molecule has 0 radical (unpaired) electrons. The number of rotatable bonds is 3. The molecule has 0 aromatic carbocycles. The van der Waals surface area contributed by atoms with Crippen molar-refractivity contribution in [3.63, 3.8) is 0 Å². The Morgan fingerprint density at radius 3 is 2.67 bits per heavy atom. The van der Waals surface area contributed by atoms with Gasteiger partial charge in [-0.3, -0.25) is 0 Å². The molecule has 78 valence electrons. The molecule has 0 fully saturated rings. The molecule has 0 aliphatic rings. The molecule has 0 amide bonds. The summed E-state index contributed by atoms with van der Waals surface area (Å²) in [7, 11) is 0. The van der Waals surface area contributed by atoms with Crippen LogP contribution in [0.4, 0.5) is 5.95 Å². The second-order valence-electron chi connectivity index (χ2n) is 3.07. The Balaban J connectivity index is 2.06. The van der Waals surface area contributed by atoms with Crippen molar-refractivity contribution in [3.05, 3.63) is 35.1 Å². The van der Waals surface area contributed by atoms with Gasteiger partial charge in [-0.15, -0.1) is 0 Å². The van der Waals surface area contributed by atoms with Crippen molar-refractivity contribution in [3.8, 4) is 0 Å². The standard InChI is InChI=1S/C9H10BrN5/c1-6(8-11-2-3-12-8)15-9-13-4-7(10)5-14-9/h2-6H,1H3,(H,11,12)(H,13,14,15). The zero-order chi connectivity index (χ0) is 10.7. The molecule has 0 aliphatic carbocycles. The lowest BCUT2D eigenvalue weighted by Crippen LogP contribution is -2.10. The average molecular weight is 268 g/mol. The van der Waals surface area contributed by atoms with Crippen molar-refractivity contribution in [1.82, 2.24) is 19.9 Å². The van der Waals surface area contributed by atoms with Gasteiger partial charge >= 0.3 is 0 Å².